The van der Waals surface area contributed by atoms with Gasteiger partial charge in [-0.05, 0) is 25.8 Å². The van der Waals surface area contributed by atoms with E-state index in [1.54, 1.807) is 11.9 Å². The Balaban J connectivity index is 0. The Hall–Kier alpha value is -1.58. The fourth-order valence-corrected chi connectivity index (χ4v) is 1.55. The minimum Gasteiger partial charge on any atom is -0.366 e. The Kier molecular flexibility index (Phi) is 15.3. The number of nitrogens with two attached hydrogens (primary N) is 1. The van der Waals surface area contributed by atoms with Crippen LogP contribution in [0.25, 0.3) is 0 Å². The van der Waals surface area contributed by atoms with Gasteiger partial charge in [0.1, 0.15) is 0 Å². The molecule has 0 radical (unpaired) electrons. The van der Waals surface area contributed by atoms with Gasteiger partial charge in [-0.15, -0.1) is 0 Å². The van der Waals surface area contributed by atoms with Crippen LogP contribution in [0.4, 0.5) is 0 Å². The van der Waals surface area contributed by atoms with E-state index in [4.69, 9.17) is 5.73 Å². The third-order valence-corrected chi connectivity index (χ3v) is 3.21. The molecule has 0 saturated heterocycles. The lowest BCUT2D eigenvalue weighted by molar-refractivity contribution is -0.124. The largest absolute Gasteiger partial charge is 0.366 e. The maximum atomic E-state index is 10.6. The molecule has 2 amide bonds. The molecule has 0 bridgehead atoms. The van der Waals surface area contributed by atoms with Crippen molar-refractivity contribution in [3.05, 3.63) is 24.8 Å². The average Bonchev–Trinajstić information content (AvgIpc) is 2.49. The lowest BCUT2D eigenvalue weighted by Crippen LogP contribution is -2.23. The van der Waals surface area contributed by atoms with Crippen LogP contribution in [0.2, 0.25) is 0 Å². The Labute approximate surface area is 130 Å². The molecule has 0 aromatic heterocycles. The molecule has 0 atom stereocenters. The molecule has 0 rings (SSSR count). The smallest absolute Gasteiger partial charge is 0.245 e. The number of hydrogen-bond donors (Lipinski definition) is 1. The third kappa shape index (κ3) is 14.6. The Morgan fingerprint density at radius 2 is 1.62 bits per heavy atom. The predicted octanol–water partition coefficient (Wildman–Crippen LogP) is 3.43. The van der Waals surface area contributed by atoms with Gasteiger partial charge >= 0.3 is 0 Å². The summed E-state index contributed by atoms with van der Waals surface area (Å²) >= 11 is 0. The quantitative estimate of drug-likeness (QED) is 0.496. The fraction of sp³-hybridized carbons (Fsp3) is 0.647. The highest BCUT2D eigenvalue weighted by molar-refractivity contribution is 5.91. The molecule has 2 N–H and O–H groups in total. The zero-order chi connectivity index (χ0) is 16.7. The molecule has 4 nitrogen and oxygen atoms in total. The lowest BCUT2D eigenvalue weighted by Gasteiger charge is -2.09. The fourth-order valence-electron chi connectivity index (χ4n) is 1.55. The van der Waals surface area contributed by atoms with Gasteiger partial charge in [0.05, 0.1) is 0 Å². The molecule has 0 aromatic rings. The van der Waals surface area contributed by atoms with E-state index in [1.165, 1.54) is 38.2 Å². The van der Waals surface area contributed by atoms with E-state index in [2.05, 4.69) is 20.1 Å². The molecule has 122 valence electrons. The number of carbonyl (C=O) groups is 2. The lowest BCUT2D eigenvalue weighted by atomic mass is 10.1. The van der Waals surface area contributed by atoms with Crippen LogP contribution in [-0.4, -0.2) is 30.3 Å². The van der Waals surface area contributed by atoms with Crippen LogP contribution < -0.4 is 5.73 Å². The highest BCUT2D eigenvalue weighted by atomic mass is 16.2. The molecule has 0 aliphatic heterocycles. The van der Waals surface area contributed by atoms with Gasteiger partial charge in [-0.25, -0.2) is 0 Å². The van der Waals surface area contributed by atoms with Gasteiger partial charge in [-0.1, -0.05) is 52.2 Å². The second kappa shape index (κ2) is 14.8. The van der Waals surface area contributed by atoms with E-state index in [9.17, 15) is 9.59 Å². The van der Waals surface area contributed by atoms with Gasteiger partial charge in [0.15, 0.2) is 0 Å². The standard InChI is InChI=1S/C11H21NO.C6H11NO/c1-3-4-5-6-7-8-9-10(2)11(12)13;1-4-6(8)7(3)5-2/h2-9H2,1H3,(H2,12,13);4H,1,5H2,2-3H3. The summed E-state index contributed by atoms with van der Waals surface area (Å²) in [6.45, 7) is 11.8. The van der Waals surface area contributed by atoms with E-state index in [-0.39, 0.29) is 11.8 Å². The number of unbranched alkanes of at least 4 members (excludes halogenated alkanes) is 5. The molecule has 0 aliphatic carbocycles. The SMILES string of the molecule is C=C(CCCCCCCC)C(N)=O.C=CC(=O)N(C)CC. The maximum absolute atomic E-state index is 10.6. The van der Waals surface area contributed by atoms with Crippen LogP contribution in [0, 0.1) is 0 Å². The van der Waals surface area contributed by atoms with Gasteiger partial charge in [-0.2, -0.15) is 0 Å². The minimum atomic E-state index is -0.353. The zero-order valence-corrected chi connectivity index (χ0v) is 14.0. The number of hydrogen-bond acceptors (Lipinski definition) is 2. The normalized spacial score (nSPS) is 9.29. The number of carbonyl (C=O) groups excluding carboxylic acids is 2. The molecule has 0 aliphatic rings. The average molecular weight is 296 g/mol. The molecule has 0 heterocycles. The van der Waals surface area contributed by atoms with Crippen molar-refractivity contribution in [2.24, 2.45) is 5.73 Å². The van der Waals surface area contributed by atoms with Crippen LogP contribution in [0.1, 0.15) is 58.8 Å². The van der Waals surface area contributed by atoms with Gasteiger partial charge in [0.2, 0.25) is 11.8 Å². The predicted molar refractivity (Wildman–Crippen MR) is 89.8 cm³/mol. The summed E-state index contributed by atoms with van der Waals surface area (Å²) in [4.78, 5) is 22.7. The number of likely N-dealkylation sites (N-methyl/N-ethyl adjacent to an activating group) is 1. The molecule has 0 saturated carbocycles. The first-order valence-corrected chi connectivity index (χ1v) is 7.75. The van der Waals surface area contributed by atoms with Gasteiger partial charge in [0.25, 0.3) is 0 Å². The molecule has 4 heteroatoms. The van der Waals surface area contributed by atoms with Crippen LogP contribution in [-0.2, 0) is 9.59 Å². The highest BCUT2D eigenvalue weighted by Gasteiger charge is 2.00. The summed E-state index contributed by atoms with van der Waals surface area (Å²) in [5.41, 5.74) is 5.63. The van der Waals surface area contributed by atoms with Crippen LogP contribution in [0.3, 0.4) is 0 Å². The molecular weight excluding hydrogens is 264 g/mol. The van der Waals surface area contributed by atoms with E-state index < -0.39 is 0 Å². The van der Waals surface area contributed by atoms with Crippen molar-refractivity contribution in [3.8, 4) is 0 Å². The summed E-state index contributed by atoms with van der Waals surface area (Å²) in [5, 5.41) is 0. The van der Waals surface area contributed by atoms with E-state index in [0.717, 1.165) is 19.4 Å². The van der Waals surface area contributed by atoms with Crippen molar-refractivity contribution in [3.63, 3.8) is 0 Å². The van der Waals surface area contributed by atoms with E-state index >= 15 is 0 Å². The second-order valence-electron chi connectivity index (χ2n) is 5.04. The van der Waals surface area contributed by atoms with Crippen LogP contribution in [0.15, 0.2) is 24.8 Å². The summed E-state index contributed by atoms with van der Waals surface area (Å²) in [6, 6.07) is 0. The summed E-state index contributed by atoms with van der Waals surface area (Å²) < 4.78 is 0. The molecule has 21 heavy (non-hydrogen) atoms. The third-order valence-electron chi connectivity index (χ3n) is 3.21. The van der Waals surface area contributed by atoms with E-state index in [0.29, 0.717) is 5.57 Å². The number of amides is 2. The highest BCUT2D eigenvalue weighted by Crippen LogP contribution is 2.10. The van der Waals surface area contributed by atoms with Crippen molar-refractivity contribution in [1.82, 2.24) is 4.90 Å². The monoisotopic (exact) mass is 296 g/mol. The van der Waals surface area contributed by atoms with Gasteiger partial charge < -0.3 is 10.6 Å². The van der Waals surface area contributed by atoms with Gasteiger partial charge in [0, 0.05) is 19.2 Å². The molecule has 0 aromatic carbocycles. The van der Waals surface area contributed by atoms with Gasteiger partial charge in [-0.3, -0.25) is 9.59 Å². The first-order valence-electron chi connectivity index (χ1n) is 7.75. The van der Waals surface area contributed by atoms with Crippen molar-refractivity contribution < 1.29 is 9.59 Å². The number of nitrogens with zero attached hydrogens (tertiary/aromatic N) is 1. The number of primary amides is 1. The zero-order valence-electron chi connectivity index (χ0n) is 14.0. The van der Waals surface area contributed by atoms with Crippen molar-refractivity contribution in [1.29, 1.82) is 0 Å². The van der Waals surface area contributed by atoms with Crippen molar-refractivity contribution in [2.75, 3.05) is 13.6 Å². The minimum absolute atomic E-state index is 0.0208. The molecule has 0 fully saturated rings. The summed E-state index contributed by atoms with van der Waals surface area (Å²) in [5.74, 6) is -0.374. The molecular formula is C17H32N2O2. The summed E-state index contributed by atoms with van der Waals surface area (Å²) in [6.07, 6.45) is 9.47. The van der Waals surface area contributed by atoms with Crippen LogP contribution >= 0.6 is 0 Å². The van der Waals surface area contributed by atoms with Crippen molar-refractivity contribution >= 4 is 11.8 Å². The van der Waals surface area contributed by atoms with Crippen LogP contribution in [0.5, 0.6) is 0 Å². The Bertz CT molecular complexity index is 325. The topological polar surface area (TPSA) is 63.4 Å². The second-order valence-corrected chi connectivity index (χ2v) is 5.04. The molecule has 0 spiro atoms. The first-order chi connectivity index (χ1) is 9.90. The Morgan fingerprint density at radius 1 is 1.10 bits per heavy atom. The van der Waals surface area contributed by atoms with E-state index in [1.807, 2.05) is 6.92 Å². The van der Waals surface area contributed by atoms with Crippen molar-refractivity contribution in [2.45, 2.75) is 58.8 Å². The molecule has 0 unspecified atom stereocenters. The Morgan fingerprint density at radius 3 is 2.00 bits per heavy atom. The first kappa shape index (κ1) is 21.7. The number of rotatable bonds is 10. The summed E-state index contributed by atoms with van der Waals surface area (Å²) in [7, 11) is 1.74. The maximum Gasteiger partial charge on any atom is 0.245 e.